The molecule has 0 radical (unpaired) electrons. The third kappa shape index (κ3) is 5.42. The summed E-state index contributed by atoms with van der Waals surface area (Å²) < 4.78 is 9.57. The predicted octanol–water partition coefficient (Wildman–Crippen LogP) is 1.67. The smallest absolute Gasteiger partial charge is 0.305 e. The summed E-state index contributed by atoms with van der Waals surface area (Å²) in [6, 6.07) is 0. The van der Waals surface area contributed by atoms with Crippen molar-refractivity contribution in [1.29, 1.82) is 0 Å². The first-order valence-corrected chi connectivity index (χ1v) is 4.66. The van der Waals surface area contributed by atoms with E-state index in [4.69, 9.17) is 4.74 Å². The summed E-state index contributed by atoms with van der Waals surface area (Å²) in [4.78, 5) is 10.7. The molecule has 1 fully saturated rings. The van der Waals surface area contributed by atoms with Crippen LogP contribution in [0.2, 0.25) is 0 Å². The summed E-state index contributed by atoms with van der Waals surface area (Å²) in [6.07, 6.45) is 8.03. The van der Waals surface area contributed by atoms with Crippen LogP contribution in [0.15, 0.2) is 12.2 Å². The maximum atomic E-state index is 10.7. The highest BCUT2D eigenvalue weighted by atomic mass is 16.6. The lowest BCUT2D eigenvalue weighted by atomic mass is 10.2. The van der Waals surface area contributed by atoms with Gasteiger partial charge in [-0.3, -0.25) is 4.79 Å². The molecular weight excluding hydrogens is 168 g/mol. The van der Waals surface area contributed by atoms with Gasteiger partial charge in [-0.25, -0.2) is 0 Å². The first-order valence-electron chi connectivity index (χ1n) is 4.66. The first-order chi connectivity index (χ1) is 6.33. The van der Waals surface area contributed by atoms with Gasteiger partial charge in [-0.05, 0) is 19.3 Å². The van der Waals surface area contributed by atoms with Crippen molar-refractivity contribution in [3.63, 3.8) is 0 Å². The number of epoxide rings is 1. The molecule has 1 heterocycles. The number of rotatable bonds is 6. The largest absolute Gasteiger partial charge is 0.469 e. The van der Waals surface area contributed by atoms with E-state index in [2.05, 4.69) is 16.9 Å². The number of hydrogen-bond donors (Lipinski definition) is 0. The van der Waals surface area contributed by atoms with Gasteiger partial charge in [-0.1, -0.05) is 12.2 Å². The molecule has 0 amide bonds. The molecule has 3 heteroatoms. The average molecular weight is 184 g/mol. The Hall–Kier alpha value is -0.830. The SMILES string of the molecule is COC(=O)CCC/C=C/CC1CO1. The molecule has 0 aromatic carbocycles. The zero-order chi connectivity index (χ0) is 9.52. The molecule has 1 atom stereocenters. The molecule has 3 nitrogen and oxygen atoms in total. The number of carbonyl (C=O) groups is 1. The Bertz CT molecular complexity index is 183. The van der Waals surface area contributed by atoms with Gasteiger partial charge in [-0.15, -0.1) is 0 Å². The first kappa shape index (κ1) is 10.3. The van der Waals surface area contributed by atoms with Gasteiger partial charge >= 0.3 is 5.97 Å². The van der Waals surface area contributed by atoms with E-state index in [-0.39, 0.29) is 5.97 Å². The third-order valence-electron chi connectivity index (χ3n) is 1.95. The summed E-state index contributed by atoms with van der Waals surface area (Å²) in [5.41, 5.74) is 0. The number of allylic oxidation sites excluding steroid dienone is 1. The number of ether oxygens (including phenoxy) is 2. The van der Waals surface area contributed by atoms with Crippen molar-refractivity contribution in [2.45, 2.75) is 31.8 Å². The van der Waals surface area contributed by atoms with Gasteiger partial charge in [0.25, 0.3) is 0 Å². The van der Waals surface area contributed by atoms with Crippen molar-refractivity contribution >= 4 is 5.97 Å². The molecule has 1 aliphatic heterocycles. The predicted molar refractivity (Wildman–Crippen MR) is 49.4 cm³/mol. The fourth-order valence-corrected chi connectivity index (χ4v) is 1.04. The molecule has 0 aromatic rings. The van der Waals surface area contributed by atoms with Gasteiger partial charge in [0.1, 0.15) is 0 Å². The Morgan fingerprint density at radius 1 is 1.62 bits per heavy atom. The molecule has 0 N–H and O–H groups in total. The zero-order valence-corrected chi connectivity index (χ0v) is 7.99. The van der Waals surface area contributed by atoms with Crippen LogP contribution in [0.3, 0.4) is 0 Å². The number of carbonyl (C=O) groups excluding carboxylic acids is 1. The number of methoxy groups -OCH3 is 1. The van der Waals surface area contributed by atoms with Crippen LogP contribution in [0.1, 0.15) is 25.7 Å². The summed E-state index contributed by atoms with van der Waals surface area (Å²) in [7, 11) is 1.42. The Balaban J connectivity index is 1.87. The maximum Gasteiger partial charge on any atom is 0.305 e. The Kier molecular flexibility index (Phi) is 4.54. The molecule has 74 valence electrons. The van der Waals surface area contributed by atoms with Crippen molar-refractivity contribution in [3.05, 3.63) is 12.2 Å². The van der Waals surface area contributed by atoms with E-state index in [0.717, 1.165) is 25.9 Å². The molecule has 0 aromatic heterocycles. The summed E-state index contributed by atoms with van der Waals surface area (Å²) in [5, 5.41) is 0. The monoisotopic (exact) mass is 184 g/mol. The van der Waals surface area contributed by atoms with Crippen LogP contribution in [-0.2, 0) is 14.3 Å². The lowest BCUT2D eigenvalue weighted by Gasteiger charge is -1.95. The fourth-order valence-electron chi connectivity index (χ4n) is 1.04. The Morgan fingerprint density at radius 3 is 3.00 bits per heavy atom. The van der Waals surface area contributed by atoms with Crippen molar-refractivity contribution in [1.82, 2.24) is 0 Å². The quantitative estimate of drug-likeness (QED) is 0.273. The standard InChI is InChI=1S/C10H16O3/c1-12-10(11)7-5-3-2-4-6-9-8-13-9/h2,4,9H,3,5-8H2,1H3/b4-2+. The second-order valence-corrected chi connectivity index (χ2v) is 3.13. The minimum absolute atomic E-state index is 0.126. The topological polar surface area (TPSA) is 38.8 Å². The fraction of sp³-hybridized carbons (Fsp3) is 0.700. The van der Waals surface area contributed by atoms with E-state index in [1.165, 1.54) is 7.11 Å². The van der Waals surface area contributed by atoms with E-state index in [0.29, 0.717) is 12.5 Å². The minimum atomic E-state index is -0.126. The van der Waals surface area contributed by atoms with Gasteiger partial charge < -0.3 is 9.47 Å². The van der Waals surface area contributed by atoms with E-state index >= 15 is 0 Å². The molecule has 1 aliphatic rings. The van der Waals surface area contributed by atoms with E-state index in [9.17, 15) is 4.79 Å². The second-order valence-electron chi connectivity index (χ2n) is 3.13. The molecule has 1 unspecified atom stereocenters. The van der Waals surface area contributed by atoms with Crippen molar-refractivity contribution in [3.8, 4) is 0 Å². The number of esters is 1. The number of unbranched alkanes of at least 4 members (excludes halogenated alkanes) is 1. The van der Waals surface area contributed by atoms with Crippen LogP contribution in [0.25, 0.3) is 0 Å². The lowest BCUT2D eigenvalue weighted by Crippen LogP contribution is -1.98. The van der Waals surface area contributed by atoms with Gasteiger partial charge in [-0.2, -0.15) is 0 Å². The highest BCUT2D eigenvalue weighted by molar-refractivity contribution is 5.68. The van der Waals surface area contributed by atoms with Crippen LogP contribution < -0.4 is 0 Å². The van der Waals surface area contributed by atoms with Crippen LogP contribution in [-0.4, -0.2) is 25.8 Å². The van der Waals surface area contributed by atoms with E-state index < -0.39 is 0 Å². The molecule has 0 saturated carbocycles. The van der Waals surface area contributed by atoms with Crippen LogP contribution in [0, 0.1) is 0 Å². The molecule has 1 saturated heterocycles. The summed E-state index contributed by atoms with van der Waals surface area (Å²) >= 11 is 0. The van der Waals surface area contributed by atoms with Crippen LogP contribution in [0.4, 0.5) is 0 Å². The van der Waals surface area contributed by atoms with Gasteiger partial charge in [0.05, 0.1) is 19.8 Å². The van der Waals surface area contributed by atoms with E-state index in [1.54, 1.807) is 0 Å². The van der Waals surface area contributed by atoms with Crippen LogP contribution in [0.5, 0.6) is 0 Å². The molecule has 0 spiro atoms. The average Bonchev–Trinajstić information content (AvgIpc) is 2.94. The second kappa shape index (κ2) is 5.75. The molecule has 0 bridgehead atoms. The summed E-state index contributed by atoms with van der Waals surface area (Å²) in [6.45, 7) is 0.909. The highest BCUT2D eigenvalue weighted by Gasteiger charge is 2.19. The highest BCUT2D eigenvalue weighted by Crippen LogP contribution is 2.13. The van der Waals surface area contributed by atoms with Gasteiger partial charge in [0.15, 0.2) is 0 Å². The number of hydrogen-bond acceptors (Lipinski definition) is 3. The summed E-state index contributed by atoms with van der Waals surface area (Å²) in [5.74, 6) is -0.126. The molecule has 0 aliphatic carbocycles. The van der Waals surface area contributed by atoms with Crippen LogP contribution >= 0.6 is 0 Å². The van der Waals surface area contributed by atoms with Crippen molar-refractivity contribution in [2.75, 3.05) is 13.7 Å². The van der Waals surface area contributed by atoms with E-state index in [1.807, 2.05) is 0 Å². The maximum absolute atomic E-state index is 10.7. The van der Waals surface area contributed by atoms with Crippen molar-refractivity contribution in [2.24, 2.45) is 0 Å². The van der Waals surface area contributed by atoms with Gasteiger partial charge in [0, 0.05) is 6.42 Å². The molecular formula is C10H16O3. The third-order valence-corrected chi connectivity index (χ3v) is 1.95. The lowest BCUT2D eigenvalue weighted by molar-refractivity contribution is -0.140. The molecule has 1 rings (SSSR count). The zero-order valence-electron chi connectivity index (χ0n) is 7.99. The van der Waals surface area contributed by atoms with Gasteiger partial charge in [0.2, 0.25) is 0 Å². The normalized spacial score (nSPS) is 20.5. The Labute approximate surface area is 78.7 Å². The van der Waals surface area contributed by atoms with Crippen molar-refractivity contribution < 1.29 is 14.3 Å². The Morgan fingerprint density at radius 2 is 2.38 bits per heavy atom. The molecule has 13 heavy (non-hydrogen) atoms. The minimum Gasteiger partial charge on any atom is -0.469 e.